The number of aromatic nitrogens is 2. The molecule has 9 heteroatoms. The Labute approximate surface area is 186 Å². The molecule has 168 valence electrons. The van der Waals surface area contributed by atoms with Crippen molar-refractivity contribution in [3.8, 4) is 0 Å². The van der Waals surface area contributed by atoms with Crippen LogP contribution in [0.2, 0.25) is 0 Å². The fraction of sp³-hybridized carbons (Fsp3) is 0.478. The van der Waals surface area contributed by atoms with Crippen molar-refractivity contribution in [2.75, 3.05) is 19.6 Å². The summed E-state index contributed by atoms with van der Waals surface area (Å²) in [5.74, 6) is 0.0734. The molecule has 3 aliphatic heterocycles. The van der Waals surface area contributed by atoms with E-state index in [4.69, 9.17) is 0 Å². The first-order valence-corrected chi connectivity index (χ1v) is 11.2. The van der Waals surface area contributed by atoms with Gasteiger partial charge in [-0.2, -0.15) is 0 Å². The zero-order chi connectivity index (χ0) is 22.2. The average Bonchev–Trinajstić information content (AvgIpc) is 3.48. The third-order valence-corrected chi connectivity index (χ3v) is 6.93. The Kier molecular flexibility index (Phi) is 5.52. The van der Waals surface area contributed by atoms with Gasteiger partial charge in [0.05, 0.1) is 6.33 Å². The second kappa shape index (κ2) is 8.48. The van der Waals surface area contributed by atoms with Gasteiger partial charge in [0.2, 0.25) is 11.8 Å². The number of rotatable bonds is 6. The minimum atomic E-state index is -0.586. The van der Waals surface area contributed by atoms with Gasteiger partial charge in [-0.25, -0.2) is 4.98 Å². The molecule has 2 fully saturated rings. The van der Waals surface area contributed by atoms with E-state index in [2.05, 4.69) is 25.5 Å². The van der Waals surface area contributed by atoms with Crippen molar-refractivity contribution >= 4 is 17.7 Å². The van der Waals surface area contributed by atoms with E-state index in [9.17, 15) is 14.4 Å². The van der Waals surface area contributed by atoms with Gasteiger partial charge >= 0.3 is 0 Å². The first kappa shape index (κ1) is 20.8. The molecule has 2 aromatic rings. The molecule has 0 spiro atoms. The molecule has 0 radical (unpaired) electrons. The summed E-state index contributed by atoms with van der Waals surface area (Å²) in [6.45, 7) is 3.71. The molecule has 5 rings (SSSR count). The highest BCUT2D eigenvalue weighted by Gasteiger charge is 2.40. The number of carbonyl (C=O) groups is 3. The predicted molar refractivity (Wildman–Crippen MR) is 117 cm³/mol. The second-order valence-corrected chi connectivity index (χ2v) is 8.94. The number of imidazole rings is 1. The molecule has 2 saturated heterocycles. The molecule has 1 aromatic heterocycles. The fourth-order valence-electron chi connectivity index (χ4n) is 5.25. The van der Waals surface area contributed by atoms with Gasteiger partial charge in [0.25, 0.3) is 5.91 Å². The minimum absolute atomic E-state index is 0.123. The molecule has 9 nitrogen and oxygen atoms in total. The number of amides is 3. The zero-order valence-corrected chi connectivity index (χ0v) is 18.1. The zero-order valence-electron chi connectivity index (χ0n) is 18.1. The van der Waals surface area contributed by atoms with E-state index in [0.29, 0.717) is 36.9 Å². The maximum atomic E-state index is 13.2. The van der Waals surface area contributed by atoms with Gasteiger partial charge in [0.1, 0.15) is 6.04 Å². The molecule has 1 unspecified atom stereocenters. The maximum Gasteiger partial charge on any atom is 0.255 e. The highest BCUT2D eigenvalue weighted by molar-refractivity contribution is 6.05. The van der Waals surface area contributed by atoms with Crippen LogP contribution in [0.5, 0.6) is 0 Å². The number of fused-ring (bicyclic) bond motifs is 1. The predicted octanol–water partition coefficient (Wildman–Crippen LogP) is 0.274. The molecule has 3 N–H and O–H groups in total. The van der Waals surface area contributed by atoms with Crippen molar-refractivity contribution in [1.82, 2.24) is 30.4 Å². The second-order valence-electron chi connectivity index (χ2n) is 8.94. The minimum Gasteiger partial charge on any atom is -0.337 e. The molecule has 3 atom stereocenters. The number of imide groups is 1. The van der Waals surface area contributed by atoms with E-state index in [1.54, 1.807) is 4.90 Å². The van der Waals surface area contributed by atoms with Crippen LogP contribution in [0.15, 0.2) is 30.7 Å². The van der Waals surface area contributed by atoms with Crippen LogP contribution in [0.4, 0.5) is 0 Å². The van der Waals surface area contributed by atoms with Crippen LogP contribution < -0.4 is 16.0 Å². The topological polar surface area (TPSA) is 108 Å². The third kappa shape index (κ3) is 3.71. The fourth-order valence-corrected chi connectivity index (χ4v) is 5.25. The van der Waals surface area contributed by atoms with Crippen LogP contribution in [0.25, 0.3) is 0 Å². The number of hydrogen-bond donors (Lipinski definition) is 3. The molecule has 0 saturated carbocycles. The summed E-state index contributed by atoms with van der Waals surface area (Å²) < 4.78 is 2.08. The van der Waals surface area contributed by atoms with E-state index < -0.39 is 6.04 Å². The van der Waals surface area contributed by atoms with Crippen LogP contribution in [0.3, 0.4) is 0 Å². The summed E-state index contributed by atoms with van der Waals surface area (Å²) in [6, 6.07) is 5.30. The number of aryl methyl sites for hydroxylation is 1. The van der Waals surface area contributed by atoms with E-state index in [-0.39, 0.29) is 24.1 Å². The van der Waals surface area contributed by atoms with Crippen LogP contribution in [-0.4, -0.2) is 57.8 Å². The van der Waals surface area contributed by atoms with Gasteiger partial charge in [-0.3, -0.25) is 19.7 Å². The van der Waals surface area contributed by atoms with Crippen molar-refractivity contribution in [2.45, 2.75) is 37.9 Å². The maximum absolute atomic E-state index is 13.2. The summed E-state index contributed by atoms with van der Waals surface area (Å²) in [6.07, 6.45) is 4.42. The number of carbonyl (C=O) groups excluding carboxylic acids is 3. The van der Waals surface area contributed by atoms with Crippen LogP contribution in [-0.2, 0) is 29.7 Å². The molecule has 0 aliphatic carbocycles. The number of hydrogen-bond acceptors (Lipinski definition) is 6. The number of nitrogens with one attached hydrogen (secondary N) is 3. The standard InChI is InChI=1S/C23H28N6O3/c1-28-13-26-11-19(28)17-10-25-9-16(17)8-24-7-14-3-2-4-15-12-29(23(32)21(14)15)18-5-6-20(30)27-22(18)31/h2-4,11,13,16-18,24-25H,5-10,12H2,1H3,(H,27,30,31)/t16-,17-,18?/m1/s1. The van der Waals surface area contributed by atoms with Gasteiger partial charge in [-0.1, -0.05) is 18.2 Å². The highest BCUT2D eigenvalue weighted by Crippen LogP contribution is 2.30. The summed E-state index contributed by atoms with van der Waals surface area (Å²) in [7, 11) is 2.03. The van der Waals surface area contributed by atoms with Crippen LogP contribution >= 0.6 is 0 Å². The normalized spacial score (nSPS) is 25.3. The third-order valence-electron chi connectivity index (χ3n) is 6.93. The Hall–Kier alpha value is -3.04. The number of benzene rings is 1. The average molecular weight is 437 g/mol. The lowest BCUT2D eigenvalue weighted by Crippen LogP contribution is -2.52. The molecule has 4 heterocycles. The molecule has 1 aromatic carbocycles. The van der Waals surface area contributed by atoms with Gasteiger partial charge in [0.15, 0.2) is 0 Å². The molecule has 3 aliphatic rings. The Balaban J connectivity index is 1.25. The van der Waals surface area contributed by atoms with Crippen LogP contribution in [0, 0.1) is 5.92 Å². The first-order valence-electron chi connectivity index (χ1n) is 11.2. The van der Waals surface area contributed by atoms with Gasteiger partial charge in [-0.15, -0.1) is 0 Å². The lowest BCUT2D eigenvalue weighted by Gasteiger charge is -2.29. The lowest BCUT2D eigenvalue weighted by molar-refractivity contribution is -0.136. The molecule has 0 bridgehead atoms. The molecule has 3 amide bonds. The monoisotopic (exact) mass is 436 g/mol. The Morgan fingerprint density at radius 3 is 2.88 bits per heavy atom. The van der Waals surface area contributed by atoms with E-state index in [1.165, 1.54) is 5.69 Å². The summed E-state index contributed by atoms with van der Waals surface area (Å²) in [4.78, 5) is 42.9. The van der Waals surface area contributed by atoms with Gasteiger partial charge < -0.3 is 20.1 Å². The number of nitrogens with zero attached hydrogens (tertiary/aromatic N) is 3. The Morgan fingerprint density at radius 2 is 2.09 bits per heavy atom. The highest BCUT2D eigenvalue weighted by atomic mass is 16.2. The van der Waals surface area contributed by atoms with E-state index >= 15 is 0 Å². The van der Waals surface area contributed by atoms with Crippen molar-refractivity contribution in [1.29, 1.82) is 0 Å². The van der Waals surface area contributed by atoms with Crippen LogP contribution in [0.1, 0.15) is 45.9 Å². The Bertz CT molecular complexity index is 1060. The lowest BCUT2D eigenvalue weighted by atomic mass is 9.93. The van der Waals surface area contributed by atoms with Gasteiger partial charge in [0, 0.05) is 63.0 Å². The SMILES string of the molecule is Cn1cncc1[C@@H]1CNC[C@H]1CNCc1cccc2c1C(=O)N(C1CCC(=O)NC1=O)C2. The first-order chi connectivity index (χ1) is 15.5. The summed E-state index contributed by atoms with van der Waals surface area (Å²) in [5, 5.41) is 9.39. The van der Waals surface area contributed by atoms with Gasteiger partial charge in [-0.05, 0) is 30.0 Å². The smallest absolute Gasteiger partial charge is 0.255 e. The summed E-state index contributed by atoms with van der Waals surface area (Å²) in [5.41, 5.74) is 3.81. The van der Waals surface area contributed by atoms with Crippen molar-refractivity contribution in [3.05, 3.63) is 53.1 Å². The van der Waals surface area contributed by atoms with E-state index in [0.717, 1.165) is 30.8 Å². The number of piperidine rings is 1. The van der Waals surface area contributed by atoms with E-state index in [1.807, 2.05) is 37.8 Å². The van der Waals surface area contributed by atoms with Crippen molar-refractivity contribution < 1.29 is 14.4 Å². The molecule has 32 heavy (non-hydrogen) atoms. The van der Waals surface area contributed by atoms with Crippen molar-refractivity contribution in [3.63, 3.8) is 0 Å². The van der Waals surface area contributed by atoms with Crippen molar-refractivity contribution in [2.24, 2.45) is 13.0 Å². The summed E-state index contributed by atoms with van der Waals surface area (Å²) >= 11 is 0. The molecular weight excluding hydrogens is 408 g/mol. The quantitative estimate of drug-likeness (QED) is 0.561. The molecular formula is C23H28N6O3. The Morgan fingerprint density at radius 1 is 1.22 bits per heavy atom. The largest absolute Gasteiger partial charge is 0.337 e.